The van der Waals surface area contributed by atoms with Gasteiger partial charge in [0, 0.05) is 57.9 Å². The molecule has 0 fully saturated rings. The summed E-state index contributed by atoms with van der Waals surface area (Å²) in [4.78, 5) is 9.95. The summed E-state index contributed by atoms with van der Waals surface area (Å²) < 4.78 is 15.6. The monoisotopic (exact) mass is 491 g/mol. The van der Waals surface area contributed by atoms with E-state index in [1.54, 1.807) is 36.3 Å². The van der Waals surface area contributed by atoms with Gasteiger partial charge in [-0.2, -0.15) is 0 Å². The van der Waals surface area contributed by atoms with Crippen molar-refractivity contribution in [3.8, 4) is 16.8 Å². The van der Waals surface area contributed by atoms with Crippen molar-refractivity contribution in [2.75, 3.05) is 11.6 Å². The molecule has 0 unspecified atom stereocenters. The molecular weight excluding hydrogens is 469 g/mol. The van der Waals surface area contributed by atoms with Crippen LogP contribution in [0, 0.1) is 5.82 Å². The molecular formula is C29H22FN5S. The van der Waals surface area contributed by atoms with E-state index in [9.17, 15) is 4.39 Å². The highest BCUT2D eigenvalue weighted by molar-refractivity contribution is 7.98. The number of aromatic nitrogens is 4. The molecule has 0 saturated carbocycles. The van der Waals surface area contributed by atoms with Crippen molar-refractivity contribution in [2.45, 2.75) is 11.4 Å². The summed E-state index contributed by atoms with van der Waals surface area (Å²) in [6.07, 6.45) is 9.36. The highest BCUT2D eigenvalue weighted by atomic mass is 32.2. The molecule has 0 aliphatic rings. The Hall–Kier alpha value is -4.23. The molecule has 3 aromatic carbocycles. The first-order valence-corrected chi connectivity index (χ1v) is 12.8. The van der Waals surface area contributed by atoms with Crippen LogP contribution >= 0.6 is 11.8 Å². The topological polar surface area (TPSA) is 55.6 Å². The number of benzene rings is 3. The number of nitrogens with one attached hydrogen (secondary N) is 1. The van der Waals surface area contributed by atoms with E-state index in [-0.39, 0.29) is 5.82 Å². The minimum absolute atomic E-state index is 0.282. The molecule has 0 amide bonds. The van der Waals surface area contributed by atoms with Crippen LogP contribution in [0.1, 0.15) is 5.56 Å². The van der Waals surface area contributed by atoms with Gasteiger partial charge in [0.15, 0.2) is 5.82 Å². The highest BCUT2D eigenvalue weighted by Gasteiger charge is 2.18. The standard InChI is InChI=1S/C29H22FN5S/c1-36-23-10-4-19(5-11-23)16-33-29-26-15-25(20-3-2-13-31-17-20)27-18-32-14-12-24(27)28(26)35(34-29)22-8-6-21(30)7-9-22/h2-15,17-18H,16H2,1H3,(H,33,34). The molecule has 176 valence electrons. The van der Waals surface area contributed by atoms with Gasteiger partial charge in [0.25, 0.3) is 0 Å². The van der Waals surface area contributed by atoms with Crippen LogP contribution in [0.5, 0.6) is 0 Å². The highest BCUT2D eigenvalue weighted by Crippen LogP contribution is 2.38. The SMILES string of the molecule is CSc1ccc(CNc2nn(-c3ccc(F)cc3)c3c2cc(-c2cccnc2)c2cnccc23)cc1. The van der Waals surface area contributed by atoms with Gasteiger partial charge in [-0.25, -0.2) is 9.07 Å². The molecule has 3 aromatic heterocycles. The number of anilines is 1. The molecule has 0 radical (unpaired) electrons. The Morgan fingerprint density at radius 2 is 1.67 bits per heavy atom. The normalized spacial score (nSPS) is 11.3. The molecule has 0 aliphatic carbocycles. The summed E-state index contributed by atoms with van der Waals surface area (Å²) in [6, 6.07) is 23.0. The molecule has 5 nitrogen and oxygen atoms in total. The van der Waals surface area contributed by atoms with Gasteiger partial charge in [-0.05, 0) is 72.0 Å². The minimum Gasteiger partial charge on any atom is -0.364 e. The average Bonchev–Trinajstić information content (AvgIpc) is 3.31. The Morgan fingerprint density at radius 3 is 2.42 bits per heavy atom. The molecule has 0 spiro atoms. The van der Waals surface area contributed by atoms with Crippen molar-refractivity contribution < 1.29 is 4.39 Å². The summed E-state index contributed by atoms with van der Waals surface area (Å²) in [5.74, 6) is 0.474. The van der Waals surface area contributed by atoms with E-state index in [1.807, 2.05) is 35.3 Å². The fraction of sp³-hybridized carbons (Fsp3) is 0.0690. The van der Waals surface area contributed by atoms with Crippen LogP contribution in [0.25, 0.3) is 38.5 Å². The van der Waals surface area contributed by atoms with Crippen LogP contribution in [-0.2, 0) is 6.54 Å². The predicted molar refractivity (Wildman–Crippen MR) is 145 cm³/mol. The molecule has 0 atom stereocenters. The van der Waals surface area contributed by atoms with Crippen molar-refractivity contribution in [3.63, 3.8) is 0 Å². The number of fused-ring (bicyclic) bond motifs is 3. The van der Waals surface area contributed by atoms with Crippen molar-refractivity contribution in [2.24, 2.45) is 0 Å². The van der Waals surface area contributed by atoms with Crippen LogP contribution in [-0.4, -0.2) is 26.0 Å². The number of thioether (sulfide) groups is 1. The summed E-state index contributed by atoms with van der Waals surface area (Å²) >= 11 is 1.72. The second-order valence-corrected chi connectivity index (χ2v) is 9.30. The van der Waals surface area contributed by atoms with E-state index in [2.05, 4.69) is 51.9 Å². The number of nitrogens with zero attached hydrogens (tertiary/aromatic N) is 4. The number of halogens is 1. The van der Waals surface area contributed by atoms with Gasteiger partial charge in [0.05, 0.1) is 11.2 Å². The molecule has 36 heavy (non-hydrogen) atoms. The van der Waals surface area contributed by atoms with Crippen molar-refractivity contribution in [1.29, 1.82) is 0 Å². The zero-order valence-electron chi connectivity index (χ0n) is 19.5. The smallest absolute Gasteiger partial charge is 0.156 e. The second-order valence-electron chi connectivity index (χ2n) is 8.42. The van der Waals surface area contributed by atoms with Gasteiger partial charge in [-0.1, -0.05) is 18.2 Å². The molecule has 0 aliphatic heterocycles. The average molecular weight is 492 g/mol. The first-order chi connectivity index (χ1) is 17.7. The van der Waals surface area contributed by atoms with Gasteiger partial charge in [-0.3, -0.25) is 9.97 Å². The molecule has 7 heteroatoms. The fourth-order valence-electron chi connectivity index (χ4n) is 4.45. The van der Waals surface area contributed by atoms with Gasteiger partial charge >= 0.3 is 0 Å². The Bertz CT molecular complexity index is 1660. The van der Waals surface area contributed by atoms with E-state index in [0.29, 0.717) is 6.54 Å². The molecule has 6 aromatic rings. The quantitative estimate of drug-likeness (QED) is 0.252. The van der Waals surface area contributed by atoms with Crippen LogP contribution in [0.2, 0.25) is 0 Å². The Balaban J connectivity index is 1.56. The number of hydrogen-bond acceptors (Lipinski definition) is 5. The fourth-order valence-corrected chi connectivity index (χ4v) is 4.86. The second kappa shape index (κ2) is 9.43. The maximum absolute atomic E-state index is 13.7. The molecule has 6 rings (SSSR count). The van der Waals surface area contributed by atoms with Crippen LogP contribution < -0.4 is 5.32 Å². The molecule has 0 saturated heterocycles. The van der Waals surface area contributed by atoms with Crippen LogP contribution in [0.4, 0.5) is 10.2 Å². The van der Waals surface area contributed by atoms with Crippen molar-refractivity contribution in [1.82, 2.24) is 19.7 Å². The van der Waals surface area contributed by atoms with Gasteiger partial charge in [0.1, 0.15) is 5.82 Å². The van der Waals surface area contributed by atoms with E-state index in [0.717, 1.165) is 49.9 Å². The third-order valence-electron chi connectivity index (χ3n) is 6.24. The lowest BCUT2D eigenvalue weighted by Crippen LogP contribution is -2.02. The van der Waals surface area contributed by atoms with E-state index in [1.165, 1.54) is 17.0 Å². The van der Waals surface area contributed by atoms with Crippen LogP contribution in [0.3, 0.4) is 0 Å². The molecule has 0 bridgehead atoms. The lowest BCUT2D eigenvalue weighted by molar-refractivity contribution is 0.627. The third-order valence-corrected chi connectivity index (χ3v) is 6.98. The van der Waals surface area contributed by atoms with Gasteiger partial charge < -0.3 is 5.32 Å². The molecule has 1 N–H and O–H groups in total. The zero-order valence-corrected chi connectivity index (χ0v) is 20.3. The predicted octanol–water partition coefficient (Wildman–Crippen LogP) is 7.11. The van der Waals surface area contributed by atoms with E-state index in [4.69, 9.17) is 5.10 Å². The third kappa shape index (κ3) is 4.07. The van der Waals surface area contributed by atoms with E-state index >= 15 is 0 Å². The maximum Gasteiger partial charge on any atom is 0.156 e. The summed E-state index contributed by atoms with van der Waals surface area (Å²) in [5, 5.41) is 11.5. The lowest BCUT2D eigenvalue weighted by atomic mass is 9.98. The Morgan fingerprint density at radius 1 is 0.861 bits per heavy atom. The minimum atomic E-state index is -0.282. The van der Waals surface area contributed by atoms with Gasteiger partial charge in [-0.15, -0.1) is 16.9 Å². The Labute approximate surface area is 212 Å². The number of hydrogen-bond donors (Lipinski definition) is 1. The first-order valence-electron chi connectivity index (χ1n) is 11.5. The summed E-state index contributed by atoms with van der Waals surface area (Å²) in [6.45, 7) is 0.626. The van der Waals surface area contributed by atoms with Crippen molar-refractivity contribution >= 4 is 39.3 Å². The number of pyridine rings is 2. The van der Waals surface area contributed by atoms with Crippen molar-refractivity contribution in [3.05, 3.63) is 109 Å². The largest absolute Gasteiger partial charge is 0.364 e. The molecule has 3 heterocycles. The van der Waals surface area contributed by atoms with Crippen LogP contribution in [0.15, 0.2) is 102 Å². The maximum atomic E-state index is 13.7. The summed E-state index contributed by atoms with van der Waals surface area (Å²) in [5.41, 5.74) is 4.92. The van der Waals surface area contributed by atoms with E-state index < -0.39 is 0 Å². The zero-order chi connectivity index (χ0) is 24.5. The summed E-state index contributed by atoms with van der Waals surface area (Å²) in [7, 11) is 0. The lowest BCUT2D eigenvalue weighted by Gasteiger charge is -2.10. The Kier molecular flexibility index (Phi) is 5.83. The first kappa shape index (κ1) is 22.2. The van der Waals surface area contributed by atoms with Gasteiger partial charge in [0.2, 0.25) is 0 Å². The number of rotatable bonds is 6.